The summed E-state index contributed by atoms with van der Waals surface area (Å²) in [5.74, 6) is -0.00393. The predicted molar refractivity (Wildman–Crippen MR) is 110 cm³/mol. The van der Waals surface area contributed by atoms with Crippen LogP contribution in [-0.4, -0.2) is 5.84 Å². The van der Waals surface area contributed by atoms with Crippen molar-refractivity contribution in [3.05, 3.63) is 76.4 Å². The first-order valence-electron chi connectivity index (χ1n) is 9.08. The van der Waals surface area contributed by atoms with Crippen molar-refractivity contribution in [2.24, 2.45) is 5.11 Å². The fourth-order valence-electron chi connectivity index (χ4n) is 2.14. The number of hydrogen-bond acceptors (Lipinski definition) is 2. The van der Waals surface area contributed by atoms with Gasteiger partial charge in [-0.15, -0.1) is 5.11 Å². The SMILES string of the molecule is C/C=C\c1cc(C(=N)N=N)ccc1C.CC.CCc1ccc(C(F)(F)F)cc1. The Morgan fingerprint density at radius 1 is 1.07 bits per heavy atom. The van der Waals surface area contributed by atoms with Crippen LogP contribution < -0.4 is 0 Å². The third-order valence-corrected chi connectivity index (χ3v) is 3.70. The molecule has 0 atom stereocenters. The molecule has 0 aliphatic carbocycles. The van der Waals surface area contributed by atoms with Gasteiger partial charge >= 0.3 is 6.18 Å². The lowest BCUT2D eigenvalue weighted by molar-refractivity contribution is -0.137. The topological polar surface area (TPSA) is 60.1 Å². The van der Waals surface area contributed by atoms with Gasteiger partial charge < -0.3 is 0 Å². The molecular formula is C22H28F3N3. The Balaban J connectivity index is 0.000000483. The third-order valence-electron chi connectivity index (χ3n) is 3.70. The van der Waals surface area contributed by atoms with Crippen LogP contribution in [0.1, 0.15) is 55.5 Å². The first kappa shape index (κ1) is 25.2. The summed E-state index contributed by atoms with van der Waals surface area (Å²) in [7, 11) is 0. The number of alkyl halides is 3. The summed E-state index contributed by atoms with van der Waals surface area (Å²) >= 11 is 0. The van der Waals surface area contributed by atoms with Gasteiger partial charge in [0.25, 0.3) is 0 Å². The fraction of sp³-hybridized carbons (Fsp3) is 0.318. The van der Waals surface area contributed by atoms with Gasteiger partial charge in [0.1, 0.15) is 0 Å². The van der Waals surface area contributed by atoms with Crippen molar-refractivity contribution in [2.45, 2.75) is 47.2 Å². The standard InChI is InChI=1S/C11H13N3.C9H9F3.C2H6/c1-3-4-9-7-10(11(12)14-13)6-5-8(9)2;1-2-7-3-5-8(6-4-7)9(10,11)12;1-2/h3-7,12-13H,1-2H3;3-6H,2H2,1H3;1-2H3/b4-3-,12-11?,14-13?;;. The van der Waals surface area contributed by atoms with Crippen molar-refractivity contribution >= 4 is 11.9 Å². The molecule has 0 bridgehead atoms. The summed E-state index contributed by atoms with van der Waals surface area (Å²) in [6, 6.07) is 10.8. The molecule has 6 heteroatoms. The maximum Gasteiger partial charge on any atom is 0.416 e. The molecule has 0 spiro atoms. The quantitative estimate of drug-likeness (QED) is 0.306. The summed E-state index contributed by atoms with van der Waals surface area (Å²) in [6.07, 6.45) is 0.480. The largest absolute Gasteiger partial charge is 0.416 e. The van der Waals surface area contributed by atoms with Crippen molar-refractivity contribution in [1.29, 1.82) is 10.9 Å². The Kier molecular flexibility index (Phi) is 11.4. The number of nitrogens with zero attached hydrogens (tertiary/aromatic N) is 1. The summed E-state index contributed by atoms with van der Waals surface area (Å²) in [5, 5.41) is 10.5. The molecule has 0 aliphatic rings. The van der Waals surface area contributed by atoms with Crippen molar-refractivity contribution in [3.8, 4) is 0 Å². The van der Waals surface area contributed by atoms with Crippen LogP contribution >= 0.6 is 0 Å². The van der Waals surface area contributed by atoms with Crippen LogP contribution in [0.2, 0.25) is 0 Å². The Morgan fingerprint density at radius 3 is 2.07 bits per heavy atom. The minimum absolute atomic E-state index is 0.00393. The molecule has 0 aromatic heterocycles. The highest BCUT2D eigenvalue weighted by Gasteiger charge is 2.29. The van der Waals surface area contributed by atoms with E-state index in [1.165, 1.54) is 12.1 Å². The zero-order chi connectivity index (χ0) is 21.7. The molecule has 0 unspecified atom stereocenters. The van der Waals surface area contributed by atoms with E-state index in [2.05, 4.69) is 5.11 Å². The minimum atomic E-state index is -4.22. The number of nitrogens with one attached hydrogen (secondary N) is 2. The molecule has 28 heavy (non-hydrogen) atoms. The molecule has 2 N–H and O–H groups in total. The van der Waals surface area contributed by atoms with Crippen LogP contribution in [0, 0.1) is 17.9 Å². The molecule has 0 radical (unpaired) electrons. The molecular weight excluding hydrogens is 363 g/mol. The van der Waals surface area contributed by atoms with Gasteiger partial charge in [0.15, 0.2) is 5.84 Å². The molecule has 0 saturated carbocycles. The highest BCUT2D eigenvalue weighted by molar-refractivity contribution is 5.97. The van der Waals surface area contributed by atoms with Crippen molar-refractivity contribution in [1.82, 2.24) is 0 Å². The molecule has 2 aromatic rings. The lowest BCUT2D eigenvalue weighted by Gasteiger charge is -2.06. The number of amidine groups is 1. The van der Waals surface area contributed by atoms with Crippen LogP contribution in [0.25, 0.3) is 6.08 Å². The van der Waals surface area contributed by atoms with Gasteiger partial charge in [-0.25, -0.2) is 5.53 Å². The number of rotatable bonds is 3. The summed E-state index contributed by atoms with van der Waals surface area (Å²) in [5.41, 5.74) is 9.99. The van der Waals surface area contributed by atoms with Gasteiger partial charge in [-0.3, -0.25) is 5.41 Å². The normalized spacial score (nSPS) is 10.4. The van der Waals surface area contributed by atoms with Gasteiger partial charge in [-0.1, -0.05) is 57.2 Å². The first-order valence-corrected chi connectivity index (χ1v) is 9.08. The third kappa shape index (κ3) is 8.29. The molecule has 152 valence electrons. The van der Waals surface area contributed by atoms with E-state index in [0.717, 1.165) is 35.2 Å². The molecule has 2 rings (SSSR count). The van der Waals surface area contributed by atoms with Crippen LogP contribution in [0.4, 0.5) is 13.2 Å². The zero-order valence-electron chi connectivity index (χ0n) is 17.0. The summed E-state index contributed by atoms with van der Waals surface area (Å²) < 4.78 is 36.1. The second-order valence-electron chi connectivity index (χ2n) is 5.58. The van der Waals surface area contributed by atoms with Crippen LogP contribution in [0.5, 0.6) is 0 Å². The van der Waals surface area contributed by atoms with E-state index in [9.17, 15) is 13.2 Å². The predicted octanol–water partition coefficient (Wildman–Crippen LogP) is 7.68. The smallest absolute Gasteiger partial charge is 0.281 e. The molecule has 0 heterocycles. The minimum Gasteiger partial charge on any atom is -0.281 e. The average molecular weight is 391 g/mol. The zero-order valence-corrected chi connectivity index (χ0v) is 17.0. The molecule has 2 aromatic carbocycles. The van der Waals surface area contributed by atoms with E-state index in [4.69, 9.17) is 10.9 Å². The van der Waals surface area contributed by atoms with Crippen molar-refractivity contribution < 1.29 is 13.2 Å². The summed E-state index contributed by atoms with van der Waals surface area (Å²) in [4.78, 5) is 0. The molecule has 0 saturated heterocycles. The molecule has 0 aliphatic heterocycles. The van der Waals surface area contributed by atoms with Gasteiger partial charge in [-0.05, 0) is 55.2 Å². The van der Waals surface area contributed by atoms with Crippen LogP contribution in [-0.2, 0) is 12.6 Å². The van der Waals surface area contributed by atoms with Gasteiger partial charge in [0.05, 0.1) is 5.56 Å². The van der Waals surface area contributed by atoms with E-state index in [-0.39, 0.29) is 5.84 Å². The Hall–Kier alpha value is -2.76. The fourth-order valence-corrected chi connectivity index (χ4v) is 2.14. The Bertz CT molecular complexity index is 777. The number of benzene rings is 2. The number of halogens is 3. The number of hydrogen-bond donors (Lipinski definition) is 2. The van der Waals surface area contributed by atoms with Crippen LogP contribution in [0.3, 0.4) is 0 Å². The second kappa shape index (κ2) is 12.6. The van der Waals surface area contributed by atoms with E-state index in [1.807, 2.05) is 65.0 Å². The molecule has 3 nitrogen and oxygen atoms in total. The van der Waals surface area contributed by atoms with E-state index in [0.29, 0.717) is 5.56 Å². The van der Waals surface area contributed by atoms with Gasteiger partial charge in [0, 0.05) is 5.56 Å². The second-order valence-corrected chi connectivity index (χ2v) is 5.58. The Morgan fingerprint density at radius 2 is 1.64 bits per heavy atom. The molecule has 0 fully saturated rings. The number of allylic oxidation sites excluding steroid dienone is 1. The summed E-state index contributed by atoms with van der Waals surface area (Å²) in [6.45, 7) is 9.87. The molecule has 0 amide bonds. The van der Waals surface area contributed by atoms with E-state index in [1.54, 1.807) is 0 Å². The lowest BCUT2D eigenvalue weighted by atomic mass is 10.0. The highest BCUT2D eigenvalue weighted by Crippen LogP contribution is 2.29. The monoisotopic (exact) mass is 391 g/mol. The maximum absolute atomic E-state index is 12.0. The van der Waals surface area contributed by atoms with E-state index < -0.39 is 11.7 Å². The van der Waals surface area contributed by atoms with E-state index >= 15 is 0 Å². The van der Waals surface area contributed by atoms with Crippen molar-refractivity contribution in [3.63, 3.8) is 0 Å². The average Bonchev–Trinajstić information content (AvgIpc) is 2.70. The van der Waals surface area contributed by atoms with Gasteiger partial charge in [0.2, 0.25) is 0 Å². The first-order chi connectivity index (χ1) is 13.2. The number of aryl methyl sites for hydroxylation is 2. The van der Waals surface area contributed by atoms with Crippen LogP contribution in [0.15, 0.2) is 53.7 Å². The van der Waals surface area contributed by atoms with Crippen molar-refractivity contribution in [2.75, 3.05) is 0 Å². The van der Waals surface area contributed by atoms with Gasteiger partial charge in [-0.2, -0.15) is 13.2 Å². The Labute approximate surface area is 165 Å². The highest BCUT2D eigenvalue weighted by atomic mass is 19.4. The lowest BCUT2D eigenvalue weighted by Crippen LogP contribution is -2.04. The maximum atomic E-state index is 12.0.